The van der Waals surface area contributed by atoms with Gasteiger partial charge >= 0.3 is 5.97 Å². The van der Waals surface area contributed by atoms with Gasteiger partial charge < -0.3 is 9.47 Å². The molecule has 0 aromatic carbocycles. The van der Waals surface area contributed by atoms with Gasteiger partial charge in [0.1, 0.15) is 11.5 Å². The number of esters is 1. The molecule has 20 heavy (non-hydrogen) atoms. The van der Waals surface area contributed by atoms with Crippen LogP contribution in [0.25, 0.3) is 0 Å². The standard InChI is InChI=1S/C16H28O4/c1-5-7-13(15(18)20-6-2)14(17)16(19-4)10-8-12(3)9-11-16/h12-13H,5-11H2,1-4H3. The highest BCUT2D eigenvalue weighted by Gasteiger charge is 2.46. The lowest BCUT2D eigenvalue weighted by Gasteiger charge is -2.38. The van der Waals surface area contributed by atoms with Gasteiger partial charge in [-0.2, -0.15) is 0 Å². The fourth-order valence-electron chi connectivity index (χ4n) is 2.98. The molecule has 0 N–H and O–H groups in total. The highest BCUT2D eigenvalue weighted by molar-refractivity contribution is 6.03. The van der Waals surface area contributed by atoms with Crippen molar-refractivity contribution in [3.8, 4) is 0 Å². The first kappa shape index (κ1) is 17.2. The lowest BCUT2D eigenvalue weighted by atomic mass is 9.73. The molecule has 1 rings (SSSR count). The summed E-state index contributed by atoms with van der Waals surface area (Å²) in [7, 11) is 1.59. The predicted octanol–water partition coefficient (Wildman–Crippen LogP) is 3.13. The summed E-state index contributed by atoms with van der Waals surface area (Å²) >= 11 is 0. The van der Waals surface area contributed by atoms with Crippen LogP contribution in [0.4, 0.5) is 0 Å². The summed E-state index contributed by atoms with van der Waals surface area (Å²) in [6, 6.07) is 0. The molecule has 0 amide bonds. The van der Waals surface area contributed by atoms with Crippen LogP contribution < -0.4 is 0 Å². The first-order valence-electron chi connectivity index (χ1n) is 7.76. The van der Waals surface area contributed by atoms with E-state index < -0.39 is 17.5 Å². The summed E-state index contributed by atoms with van der Waals surface area (Å²) in [6.07, 6.45) is 4.69. The van der Waals surface area contributed by atoms with Crippen molar-refractivity contribution in [1.29, 1.82) is 0 Å². The minimum Gasteiger partial charge on any atom is -0.465 e. The zero-order valence-electron chi connectivity index (χ0n) is 13.2. The summed E-state index contributed by atoms with van der Waals surface area (Å²) in [4.78, 5) is 24.9. The molecule has 0 bridgehead atoms. The quantitative estimate of drug-likeness (QED) is 0.532. The summed E-state index contributed by atoms with van der Waals surface area (Å²) < 4.78 is 10.7. The molecule has 4 nitrogen and oxygen atoms in total. The van der Waals surface area contributed by atoms with Crippen LogP contribution in [-0.4, -0.2) is 31.1 Å². The molecule has 0 heterocycles. The molecule has 0 aromatic rings. The molecule has 1 atom stereocenters. The molecule has 1 unspecified atom stereocenters. The van der Waals surface area contributed by atoms with Crippen molar-refractivity contribution in [3.63, 3.8) is 0 Å². The van der Waals surface area contributed by atoms with Gasteiger partial charge in [0.2, 0.25) is 0 Å². The average molecular weight is 284 g/mol. The Morgan fingerprint density at radius 1 is 1.25 bits per heavy atom. The van der Waals surface area contributed by atoms with E-state index in [-0.39, 0.29) is 5.78 Å². The van der Waals surface area contributed by atoms with Gasteiger partial charge in [-0.25, -0.2) is 0 Å². The molecule has 4 heteroatoms. The van der Waals surface area contributed by atoms with Crippen molar-refractivity contribution in [3.05, 3.63) is 0 Å². The van der Waals surface area contributed by atoms with E-state index in [9.17, 15) is 9.59 Å². The van der Waals surface area contributed by atoms with Gasteiger partial charge in [-0.3, -0.25) is 9.59 Å². The van der Waals surface area contributed by atoms with Gasteiger partial charge in [0.05, 0.1) is 6.61 Å². The Balaban J connectivity index is 2.88. The van der Waals surface area contributed by atoms with Crippen molar-refractivity contribution in [2.24, 2.45) is 11.8 Å². The number of ketones is 1. The van der Waals surface area contributed by atoms with Crippen LogP contribution in [0.3, 0.4) is 0 Å². The number of Topliss-reactive ketones (excluding diaryl/α,β-unsaturated/α-hetero) is 1. The van der Waals surface area contributed by atoms with Gasteiger partial charge in [0, 0.05) is 7.11 Å². The molecule has 116 valence electrons. The zero-order chi connectivity index (χ0) is 15.2. The highest BCUT2D eigenvalue weighted by atomic mass is 16.5. The van der Waals surface area contributed by atoms with E-state index >= 15 is 0 Å². The molecule has 1 fully saturated rings. The zero-order valence-corrected chi connectivity index (χ0v) is 13.2. The normalized spacial score (nSPS) is 27.9. The van der Waals surface area contributed by atoms with Crippen LogP contribution in [-0.2, 0) is 19.1 Å². The van der Waals surface area contributed by atoms with Crippen molar-refractivity contribution >= 4 is 11.8 Å². The second-order valence-corrected chi connectivity index (χ2v) is 5.84. The largest absolute Gasteiger partial charge is 0.465 e. The first-order chi connectivity index (χ1) is 9.50. The predicted molar refractivity (Wildman–Crippen MR) is 77.4 cm³/mol. The van der Waals surface area contributed by atoms with Crippen LogP contribution in [0.2, 0.25) is 0 Å². The van der Waals surface area contributed by atoms with E-state index in [1.54, 1.807) is 14.0 Å². The maximum atomic E-state index is 12.8. The second kappa shape index (κ2) is 7.77. The van der Waals surface area contributed by atoms with Crippen LogP contribution in [0.15, 0.2) is 0 Å². The van der Waals surface area contributed by atoms with E-state index in [2.05, 4.69) is 6.92 Å². The Morgan fingerprint density at radius 3 is 2.30 bits per heavy atom. The Morgan fingerprint density at radius 2 is 1.85 bits per heavy atom. The minimum absolute atomic E-state index is 0.0767. The number of rotatable bonds is 7. The topological polar surface area (TPSA) is 52.6 Å². The monoisotopic (exact) mass is 284 g/mol. The third kappa shape index (κ3) is 3.81. The molecule has 0 saturated heterocycles. The van der Waals surface area contributed by atoms with Crippen molar-refractivity contribution in [2.75, 3.05) is 13.7 Å². The fraction of sp³-hybridized carbons (Fsp3) is 0.875. The summed E-state index contributed by atoms with van der Waals surface area (Å²) in [5.74, 6) is -0.520. The summed E-state index contributed by atoms with van der Waals surface area (Å²) in [6.45, 7) is 6.24. The van der Waals surface area contributed by atoms with Crippen LogP contribution >= 0.6 is 0 Å². The highest BCUT2D eigenvalue weighted by Crippen LogP contribution is 2.37. The third-order valence-corrected chi connectivity index (χ3v) is 4.39. The van der Waals surface area contributed by atoms with Crippen molar-refractivity contribution in [2.45, 2.75) is 64.9 Å². The molecule has 1 aliphatic carbocycles. The van der Waals surface area contributed by atoms with Crippen LogP contribution in [0.5, 0.6) is 0 Å². The number of carbonyl (C=O) groups is 2. The van der Waals surface area contributed by atoms with Gasteiger partial charge in [0.15, 0.2) is 5.78 Å². The molecule has 0 aromatic heterocycles. The summed E-state index contributed by atoms with van der Waals surface area (Å²) in [5.41, 5.74) is -0.779. The Kier molecular flexibility index (Phi) is 6.66. The van der Waals surface area contributed by atoms with Crippen molar-refractivity contribution in [1.82, 2.24) is 0 Å². The van der Waals surface area contributed by atoms with Gasteiger partial charge in [-0.05, 0) is 44.9 Å². The van der Waals surface area contributed by atoms with Gasteiger partial charge in [0.25, 0.3) is 0 Å². The third-order valence-electron chi connectivity index (χ3n) is 4.39. The molecule has 1 saturated carbocycles. The molecular weight excluding hydrogens is 256 g/mol. The van der Waals surface area contributed by atoms with E-state index in [1.165, 1.54) is 0 Å². The molecular formula is C16H28O4. The van der Waals surface area contributed by atoms with Crippen molar-refractivity contribution < 1.29 is 19.1 Å². The number of carbonyl (C=O) groups excluding carboxylic acids is 2. The number of ether oxygens (including phenoxy) is 2. The number of hydrogen-bond donors (Lipinski definition) is 0. The van der Waals surface area contributed by atoms with E-state index in [0.29, 0.717) is 31.8 Å². The van der Waals surface area contributed by atoms with Gasteiger partial charge in [-0.15, -0.1) is 0 Å². The second-order valence-electron chi connectivity index (χ2n) is 5.84. The Hall–Kier alpha value is -0.900. The van der Waals surface area contributed by atoms with E-state index in [4.69, 9.17) is 9.47 Å². The summed E-state index contributed by atoms with van der Waals surface area (Å²) in [5, 5.41) is 0. The Labute approximate surface area is 122 Å². The number of hydrogen-bond acceptors (Lipinski definition) is 4. The van der Waals surface area contributed by atoms with Crippen LogP contribution in [0, 0.1) is 11.8 Å². The van der Waals surface area contributed by atoms with E-state index in [0.717, 1.165) is 19.3 Å². The fourth-order valence-corrected chi connectivity index (χ4v) is 2.98. The van der Waals surface area contributed by atoms with Crippen LogP contribution in [0.1, 0.15) is 59.3 Å². The Bertz CT molecular complexity index is 329. The lowest BCUT2D eigenvalue weighted by Crippen LogP contribution is -2.49. The van der Waals surface area contributed by atoms with Gasteiger partial charge in [-0.1, -0.05) is 20.3 Å². The maximum absolute atomic E-state index is 12.8. The molecule has 0 aliphatic heterocycles. The minimum atomic E-state index is -0.779. The van der Waals surface area contributed by atoms with E-state index in [1.807, 2.05) is 6.92 Å². The maximum Gasteiger partial charge on any atom is 0.316 e. The SMILES string of the molecule is CCCC(C(=O)OCC)C(=O)C1(OC)CCC(C)CC1. The molecule has 1 aliphatic rings. The molecule has 0 spiro atoms. The average Bonchev–Trinajstić information content (AvgIpc) is 2.45. The molecule has 0 radical (unpaired) electrons. The first-order valence-corrected chi connectivity index (χ1v) is 7.76. The lowest BCUT2D eigenvalue weighted by molar-refractivity contribution is -0.162. The smallest absolute Gasteiger partial charge is 0.316 e. The number of methoxy groups -OCH3 is 1.